The second-order valence-electron chi connectivity index (χ2n) is 6.32. The highest BCUT2D eigenvalue weighted by Gasteiger charge is 2.26. The molecule has 2 rings (SSSR count). The molecule has 2 heterocycles. The number of nitrogens with zero attached hydrogens (tertiary/aromatic N) is 3. The van der Waals surface area contributed by atoms with Crippen LogP contribution in [0, 0.1) is 0 Å². The maximum Gasteiger partial charge on any atom is 0.228 e. The third-order valence-electron chi connectivity index (χ3n) is 3.57. The van der Waals surface area contributed by atoms with Crippen LogP contribution in [0.5, 0.6) is 0 Å². The summed E-state index contributed by atoms with van der Waals surface area (Å²) in [6.45, 7) is 9.18. The van der Waals surface area contributed by atoms with Crippen LogP contribution in [0.25, 0.3) is 0 Å². The van der Waals surface area contributed by atoms with Gasteiger partial charge in [-0.2, -0.15) is 4.98 Å². The van der Waals surface area contributed by atoms with Crippen LogP contribution in [0.2, 0.25) is 0 Å². The van der Waals surface area contributed by atoms with Crippen LogP contribution in [0.1, 0.15) is 51.1 Å². The van der Waals surface area contributed by atoms with Crippen molar-refractivity contribution in [3.05, 3.63) is 35.9 Å². The van der Waals surface area contributed by atoms with Gasteiger partial charge in [-0.25, -0.2) is 4.99 Å². The predicted octanol–water partition coefficient (Wildman–Crippen LogP) is 1.79. The lowest BCUT2D eigenvalue weighted by atomic mass is 10.0. The van der Waals surface area contributed by atoms with E-state index in [4.69, 9.17) is 8.94 Å². The molecule has 0 aliphatic rings. The minimum Gasteiger partial charge on any atom is -0.466 e. The fraction of sp³-hybridized carbons (Fsp3) is 0.588. The number of aromatic nitrogens is 2. The molecule has 8 heteroatoms. The van der Waals surface area contributed by atoms with Gasteiger partial charge in [0.1, 0.15) is 11.4 Å². The van der Waals surface area contributed by atoms with Gasteiger partial charge in [-0.3, -0.25) is 0 Å². The van der Waals surface area contributed by atoms with E-state index in [1.165, 1.54) is 6.26 Å². The summed E-state index contributed by atoms with van der Waals surface area (Å²) in [5.74, 6) is 2.64. The van der Waals surface area contributed by atoms with Gasteiger partial charge in [-0.1, -0.05) is 19.0 Å². The lowest BCUT2D eigenvalue weighted by Crippen LogP contribution is -2.39. The first-order valence-corrected chi connectivity index (χ1v) is 8.53. The molecule has 138 valence electrons. The summed E-state index contributed by atoms with van der Waals surface area (Å²) in [6, 6.07) is 3.48. The average Bonchev–Trinajstić information content (AvgIpc) is 3.24. The number of nitrogens with one attached hydrogen (secondary N) is 2. The van der Waals surface area contributed by atoms with E-state index in [-0.39, 0.29) is 12.5 Å². The molecule has 0 amide bonds. The van der Waals surface area contributed by atoms with E-state index < -0.39 is 5.60 Å². The molecule has 2 aromatic heterocycles. The summed E-state index contributed by atoms with van der Waals surface area (Å²) in [5.41, 5.74) is -1.16. The first-order valence-electron chi connectivity index (χ1n) is 8.53. The van der Waals surface area contributed by atoms with Gasteiger partial charge in [-0.15, -0.1) is 0 Å². The lowest BCUT2D eigenvalue weighted by Gasteiger charge is -2.19. The molecule has 8 nitrogen and oxygen atoms in total. The fourth-order valence-electron chi connectivity index (χ4n) is 2.13. The number of aliphatic imine (C=N–C) groups is 1. The van der Waals surface area contributed by atoms with Crippen molar-refractivity contribution in [3.63, 3.8) is 0 Å². The molecule has 25 heavy (non-hydrogen) atoms. The zero-order valence-electron chi connectivity index (χ0n) is 15.2. The highest BCUT2D eigenvalue weighted by Crippen LogP contribution is 2.21. The zero-order valence-corrected chi connectivity index (χ0v) is 15.2. The molecule has 0 aliphatic carbocycles. The fourth-order valence-corrected chi connectivity index (χ4v) is 2.13. The van der Waals surface area contributed by atoms with E-state index in [2.05, 4.69) is 25.8 Å². The van der Waals surface area contributed by atoms with Gasteiger partial charge in [0.15, 0.2) is 11.8 Å². The highest BCUT2D eigenvalue weighted by molar-refractivity contribution is 5.79. The van der Waals surface area contributed by atoms with E-state index in [1.54, 1.807) is 19.1 Å². The minimum atomic E-state index is -1.16. The molecule has 0 fully saturated rings. The molecule has 0 aromatic carbocycles. The number of hydrogen-bond donors (Lipinski definition) is 3. The number of hydrogen-bond acceptors (Lipinski definition) is 6. The molecular weight excluding hydrogens is 322 g/mol. The maximum atomic E-state index is 10.5. The third kappa shape index (κ3) is 5.60. The Morgan fingerprint density at radius 1 is 1.40 bits per heavy atom. The molecule has 1 atom stereocenters. The van der Waals surface area contributed by atoms with Crippen molar-refractivity contribution in [2.45, 2.75) is 45.6 Å². The molecular formula is C17H27N5O3. The van der Waals surface area contributed by atoms with E-state index in [0.29, 0.717) is 42.9 Å². The Labute approximate surface area is 147 Å². The topological polar surface area (TPSA) is 109 Å². The Hall–Kier alpha value is -2.35. The van der Waals surface area contributed by atoms with Crippen LogP contribution in [0.15, 0.2) is 32.3 Å². The summed E-state index contributed by atoms with van der Waals surface area (Å²) in [7, 11) is 0. The Morgan fingerprint density at radius 2 is 2.20 bits per heavy atom. The Balaban J connectivity index is 1.89. The van der Waals surface area contributed by atoms with Gasteiger partial charge in [0.25, 0.3) is 0 Å². The van der Waals surface area contributed by atoms with Crippen LogP contribution < -0.4 is 10.6 Å². The number of aliphatic hydroxyl groups is 1. The Bertz CT molecular complexity index is 662. The van der Waals surface area contributed by atoms with Crippen LogP contribution in [0.3, 0.4) is 0 Å². The predicted molar refractivity (Wildman–Crippen MR) is 94.4 cm³/mol. The quantitative estimate of drug-likeness (QED) is 0.492. The van der Waals surface area contributed by atoms with Gasteiger partial charge >= 0.3 is 0 Å². The zero-order chi connectivity index (χ0) is 18.3. The summed E-state index contributed by atoms with van der Waals surface area (Å²) in [5, 5.41) is 20.7. The van der Waals surface area contributed by atoms with Crippen molar-refractivity contribution < 1.29 is 14.0 Å². The lowest BCUT2D eigenvalue weighted by molar-refractivity contribution is 0.0437. The number of rotatable bonds is 8. The molecule has 2 aromatic rings. The van der Waals surface area contributed by atoms with Gasteiger partial charge in [0.2, 0.25) is 5.89 Å². The van der Waals surface area contributed by atoms with Crippen LogP contribution >= 0.6 is 0 Å². The largest absolute Gasteiger partial charge is 0.466 e. The molecule has 0 saturated carbocycles. The van der Waals surface area contributed by atoms with E-state index in [1.807, 2.05) is 20.8 Å². The van der Waals surface area contributed by atoms with E-state index in [0.717, 1.165) is 0 Å². The van der Waals surface area contributed by atoms with Gasteiger partial charge in [-0.05, 0) is 26.0 Å². The van der Waals surface area contributed by atoms with Crippen molar-refractivity contribution in [3.8, 4) is 0 Å². The molecule has 3 N–H and O–H groups in total. The third-order valence-corrected chi connectivity index (χ3v) is 3.57. The Kier molecular flexibility index (Phi) is 6.58. The normalized spacial score (nSPS) is 14.6. The standard InChI is InChI=1S/C17H27N5O3/c1-5-18-16(20-11-17(4,23)13-7-6-10-24-13)19-9-8-14-21-15(12(2)3)22-25-14/h6-7,10,12,23H,5,8-9,11H2,1-4H3,(H2,18,19,20). The molecule has 1 unspecified atom stereocenters. The SMILES string of the molecule is CCNC(=NCC(C)(O)c1ccco1)NCCc1nc(C(C)C)no1. The highest BCUT2D eigenvalue weighted by atomic mass is 16.5. The van der Waals surface area contributed by atoms with Crippen LogP contribution in [-0.2, 0) is 12.0 Å². The summed E-state index contributed by atoms with van der Waals surface area (Å²) < 4.78 is 10.5. The number of furan rings is 1. The van der Waals surface area contributed by atoms with Gasteiger partial charge < -0.3 is 24.7 Å². The number of guanidine groups is 1. The molecule has 0 spiro atoms. The van der Waals surface area contributed by atoms with Gasteiger partial charge in [0, 0.05) is 25.4 Å². The van der Waals surface area contributed by atoms with Crippen molar-refractivity contribution >= 4 is 5.96 Å². The van der Waals surface area contributed by atoms with Crippen molar-refractivity contribution in [1.82, 2.24) is 20.8 Å². The molecule has 0 aliphatic heterocycles. The minimum absolute atomic E-state index is 0.175. The molecule has 0 saturated heterocycles. The van der Waals surface area contributed by atoms with E-state index in [9.17, 15) is 5.11 Å². The van der Waals surface area contributed by atoms with Gasteiger partial charge in [0.05, 0.1) is 12.8 Å². The van der Waals surface area contributed by atoms with E-state index >= 15 is 0 Å². The second kappa shape index (κ2) is 8.66. The second-order valence-corrected chi connectivity index (χ2v) is 6.32. The maximum absolute atomic E-state index is 10.5. The Morgan fingerprint density at radius 3 is 2.80 bits per heavy atom. The van der Waals surface area contributed by atoms with Crippen molar-refractivity contribution in [2.24, 2.45) is 4.99 Å². The monoisotopic (exact) mass is 349 g/mol. The van der Waals surface area contributed by atoms with Crippen LogP contribution in [-0.4, -0.2) is 40.8 Å². The molecule has 0 radical (unpaired) electrons. The first kappa shape index (κ1) is 19.0. The summed E-state index contributed by atoms with van der Waals surface area (Å²) in [6.07, 6.45) is 2.13. The first-order chi connectivity index (χ1) is 11.9. The van der Waals surface area contributed by atoms with Crippen LogP contribution in [0.4, 0.5) is 0 Å². The van der Waals surface area contributed by atoms with Crippen molar-refractivity contribution in [1.29, 1.82) is 0 Å². The summed E-state index contributed by atoms with van der Waals surface area (Å²) in [4.78, 5) is 8.76. The van der Waals surface area contributed by atoms with Crippen molar-refractivity contribution in [2.75, 3.05) is 19.6 Å². The smallest absolute Gasteiger partial charge is 0.228 e. The molecule has 0 bridgehead atoms. The average molecular weight is 349 g/mol. The summed E-state index contributed by atoms with van der Waals surface area (Å²) >= 11 is 0.